The quantitative estimate of drug-likeness (QED) is 0.807. The van der Waals surface area contributed by atoms with Gasteiger partial charge < -0.3 is 9.52 Å². The van der Waals surface area contributed by atoms with Crippen LogP contribution in [-0.2, 0) is 0 Å². The van der Waals surface area contributed by atoms with Crippen LogP contribution in [-0.4, -0.2) is 11.4 Å². The van der Waals surface area contributed by atoms with E-state index in [-0.39, 0.29) is 0 Å². The largest absolute Gasteiger partial charge is 0.472 e. The zero-order valence-corrected chi connectivity index (χ0v) is 9.20. The van der Waals surface area contributed by atoms with Crippen molar-refractivity contribution < 1.29 is 9.52 Å². The van der Waals surface area contributed by atoms with Gasteiger partial charge in [-0.05, 0) is 30.0 Å². The van der Waals surface area contributed by atoms with E-state index in [0.29, 0.717) is 0 Å². The van der Waals surface area contributed by atoms with Crippen LogP contribution in [0.25, 0.3) is 0 Å². The van der Waals surface area contributed by atoms with E-state index in [2.05, 4.69) is 0 Å². The van der Waals surface area contributed by atoms with Crippen molar-refractivity contribution in [3.05, 3.63) is 54.0 Å². The summed E-state index contributed by atoms with van der Waals surface area (Å²) in [6, 6.07) is 9.65. The SMILES string of the molecule is CSc1ccc(C(O)c2ccoc2)cc1. The molecule has 78 valence electrons. The van der Waals surface area contributed by atoms with E-state index in [4.69, 9.17) is 4.42 Å². The van der Waals surface area contributed by atoms with Gasteiger partial charge in [0.05, 0.1) is 12.5 Å². The summed E-state index contributed by atoms with van der Waals surface area (Å²) in [6.45, 7) is 0. The van der Waals surface area contributed by atoms with E-state index in [0.717, 1.165) is 11.1 Å². The van der Waals surface area contributed by atoms with E-state index in [1.54, 1.807) is 30.4 Å². The number of thioether (sulfide) groups is 1. The maximum Gasteiger partial charge on any atom is 0.107 e. The molecule has 0 aliphatic rings. The first-order valence-electron chi connectivity index (χ1n) is 4.65. The Bertz CT molecular complexity index is 406. The van der Waals surface area contributed by atoms with Gasteiger partial charge in [-0.2, -0.15) is 0 Å². The zero-order valence-electron chi connectivity index (χ0n) is 8.38. The highest BCUT2D eigenvalue weighted by Crippen LogP contribution is 2.24. The second kappa shape index (κ2) is 4.55. The van der Waals surface area contributed by atoms with Crippen LogP contribution >= 0.6 is 11.8 Å². The predicted molar refractivity (Wildman–Crippen MR) is 61.0 cm³/mol. The summed E-state index contributed by atoms with van der Waals surface area (Å²) in [5.41, 5.74) is 1.67. The second-order valence-corrected chi connectivity index (χ2v) is 4.11. The highest BCUT2D eigenvalue weighted by Gasteiger charge is 2.10. The molecule has 1 N–H and O–H groups in total. The number of aliphatic hydroxyl groups is 1. The number of furan rings is 1. The molecule has 0 amide bonds. The van der Waals surface area contributed by atoms with Crippen molar-refractivity contribution in [2.45, 2.75) is 11.0 Å². The Morgan fingerprint density at radius 3 is 2.40 bits per heavy atom. The van der Waals surface area contributed by atoms with Gasteiger partial charge in [0, 0.05) is 10.5 Å². The number of rotatable bonds is 3. The number of aliphatic hydroxyl groups excluding tert-OH is 1. The predicted octanol–water partition coefficient (Wildman–Crippen LogP) is 3.08. The molecular formula is C12H12O2S. The molecule has 1 heterocycles. The van der Waals surface area contributed by atoms with E-state index in [1.165, 1.54) is 4.90 Å². The Labute approximate surface area is 92.9 Å². The van der Waals surface area contributed by atoms with Crippen LogP contribution in [0.2, 0.25) is 0 Å². The van der Waals surface area contributed by atoms with Gasteiger partial charge in [-0.15, -0.1) is 11.8 Å². The van der Waals surface area contributed by atoms with Crippen LogP contribution < -0.4 is 0 Å². The van der Waals surface area contributed by atoms with Crippen LogP contribution in [0.3, 0.4) is 0 Å². The molecule has 0 radical (unpaired) electrons. The average Bonchev–Trinajstić information content (AvgIpc) is 2.82. The lowest BCUT2D eigenvalue weighted by Crippen LogP contribution is -1.97. The summed E-state index contributed by atoms with van der Waals surface area (Å²) in [6.07, 6.45) is 4.56. The fourth-order valence-electron chi connectivity index (χ4n) is 1.41. The normalized spacial score (nSPS) is 12.7. The molecular weight excluding hydrogens is 208 g/mol. The lowest BCUT2D eigenvalue weighted by Gasteiger charge is -2.08. The van der Waals surface area contributed by atoms with Crippen molar-refractivity contribution in [2.75, 3.05) is 6.26 Å². The molecule has 2 rings (SSSR count). The van der Waals surface area contributed by atoms with Gasteiger partial charge in [-0.1, -0.05) is 12.1 Å². The van der Waals surface area contributed by atoms with Crippen molar-refractivity contribution in [2.24, 2.45) is 0 Å². The molecule has 1 aromatic heterocycles. The summed E-state index contributed by atoms with van der Waals surface area (Å²) in [5, 5.41) is 9.98. The topological polar surface area (TPSA) is 33.4 Å². The summed E-state index contributed by atoms with van der Waals surface area (Å²) >= 11 is 1.69. The van der Waals surface area contributed by atoms with Gasteiger partial charge in [-0.25, -0.2) is 0 Å². The lowest BCUT2D eigenvalue weighted by atomic mass is 10.0. The van der Waals surface area contributed by atoms with Crippen LogP contribution in [0, 0.1) is 0 Å². The highest BCUT2D eigenvalue weighted by molar-refractivity contribution is 7.98. The first kappa shape index (κ1) is 10.3. The molecule has 0 bridgehead atoms. The standard InChI is InChI=1S/C12H12O2S/c1-15-11-4-2-9(3-5-11)12(13)10-6-7-14-8-10/h2-8,12-13H,1H3. The van der Waals surface area contributed by atoms with E-state index >= 15 is 0 Å². The van der Waals surface area contributed by atoms with Crippen molar-refractivity contribution >= 4 is 11.8 Å². The number of benzene rings is 1. The van der Waals surface area contributed by atoms with Gasteiger partial charge >= 0.3 is 0 Å². The molecule has 3 heteroatoms. The summed E-state index contributed by atoms with van der Waals surface area (Å²) < 4.78 is 4.94. The second-order valence-electron chi connectivity index (χ2n) is 3.23. The monoisotopic (exact) mass is 220 g/mol. The third-order valence-corrected chi connectivity index (χ3v) is 3.03. The van der Waals surface area contributed by atoms with E-state index in [9.17, 15) is 5.11 Å². The molecule has 2 nitrogen and oxygen atoms in total. The minimum absolute atomic E-state index is 0.598. The molecule has 0 fully saturated rings. The fraction of sp³-hybridized carbons (Fsp3) is 0.167. The summed E-state index contributed by atoms with van der Waals surface area (Å²) in [4.78, 5) is 1.19. The first-order valence-corrected chi connectivity index (χ1v) is 5.88. The molecule has 0 spiro atoms. The molecule has 0 saturated heterocycles. The lowest BCUT2D eigenvalue weighted by molar-refractivity contribution is 0.219. The minimum atomic E-state index is -0.598. The maximum absolute atomic E-state index is 9.98. The average molecular weight is 220 g/mol. The van der Waals surface area contributed by atoms with Crippen molar-refractivity contribution in [1.82, 2.24) is 0 Å². The Morgan fingerprint density at radius 2 is 1.87 bits per heavy atom. The van der Waals surface area contributed by atoms with E-state index < -0.39 is 6.10 Å². The molecule has 0 saturated carbocycles. The van der Waals surface area contributed by atoms with Crippen molar-refractivity contribution in [1.29, 1.82) is 0 Å². The fourth-order valence-corrected chi connectivity index (χ4v) is 1.82. The maximum atomic E-state index is 9.98. The molecule has 1 aromatic carbocycles. The molecule has 1 atom stereocenters. The third-order valence-electron chi connectivity index (χ3n) is 2.29. The van der Waals surface area contributed by atoms with Crippen molar-refractivity contribution in [3.8, 4) is 0 Å². The third kappa shape index (κ3) is 2.25. The Kier molecular flexibility index (Phi) is 3.14. The van der Waals surface area contributed by atoms with Gasteiger partial charge in [0.25, 0.3) is 0 Å². The molecule has 2 aromatic rings. The molecule has 0 aliphatic carbocycles. The van der Waals surface area contributed by atoms with Crippen LogP contribution in [0.15, 0.2) is 52.2 Å². The minimum Gasteiger partial charge on any atom is -0.472 e. The van der Waals surface area contributed by atoms with Crippen LogP contribution in [0.4, 0.5) is 0 Å². The van der Waals surface area contributed by atoms with Gasteiger partial charge in [-0.3, -0.25) is 0 Å². The molecule has 15 heavy (non-hydrogen) atoms. The van der Waals surface area contributed by atoms with Gasteiger partial charge in [0.2, 0.25) is 0 Å². The summed E-state index contributed by atoms with van der Waals surface area (Å²) in [5.74, 6) is 0. The Hall–Kier alpha value is -1.19. The smallest absolute Gasteiger partial charge is 0.107 e. The Balaban J connectivity index is 2.22. The molecule has 0 aliphatic heterocycles. The zero-order chi connectivity index (χ0) is 10.7. The van der Waals surface area contributed by atoms with Gasteiger partial charge in [0.15, 0.2) is 0 Å². The first-order chi connectivity index (χ1) is 7.31. The van der Waals surface area contributed by atoms with E-state index in [1.807, 2.05) is 30.5 Å². The molecule has 1 unspecified atom stereocenters. The number of hydrogen-bond acceptors (Lipinski definition) is 3. The van der Waals surface area contributed by atoms with Crippen LogP contribution in [0.5, 0.6) is 0 Å². The highest BCUT2D eigenvalue weighted by atomic mass is 32.2. The summed E-state index contributed by atoms with van der Waals surface area (Å²) in [7, 11) is 0. The van der Waals surface area contributed by atoms with Crippen molar-refractivity contribution in [3.63, 3.8) is 0 Å². The number of hydrogen-bond donors (Lipinski definition) is 1. The van der Waals surface area contributed by atoms with Gasteiger partial charge in [0.1, 0.15) is 6.10 Å². The van der Waals surface area contributed by atoms with Crippen LogP contribution in [0.1, 0.15) is 17.2 Å². The Morgan fingerprint density at radius 1 is 1.13 bits per heavy atom.